The number of para-hydroxylation sites is 1. The second kappa shape index (κ2) is 11.7. The van der Waals surface area contributed by atoms with Gasteiger partial charge in [-0.05, 0) is 29.7 Å². The van der Waals surface area contributed by atoms with Crippen molar-refractivity contribution in [3.05, 3.63) is 91.6 Å². The van der Waals surface area contributed by atoms with Crippen LogP contribution in [0.2, 0.25) is 0 Å². The molecule has 10 heteroatoms. The van der Waals surface area contributed by atoms with Gasteiger partial charge in [0.25, 0.3) is 0 Å². The average Bonchev–Trinajstić information content (AvgIpc) is 3.15. The molecule has 0 aliphatic carbocycles. The SMILES string of the molecule is CCCCCn1sc(=O)n(Cc2ccc(CNC(=O)OCc3ccc4cccc(O)c4n3)cc2)c1=O. The molecule has 0 saturated carbocycles. The van der Waals surface area contributed by atoms with Gasteiger partial charge in [-0.25, -0.2) is 23.1 Å². The standard InChI is InChI=1S/C26H28N4O5S/c1-2-3-4-14-30-25(33)29(26(34)36-30)16-19-10-8-18(9-11-19)15-27-24(32)35-17-21-13-12-20-6-5-7-22(31)23(20)28-21/h5-13,31H,2-4,14-17H2,1H3,(H,27,32). The molecular formula is C26H28N4O5S. The van der Waals surface area contributed by atoms with E-state index < -0.39 is 6.09 Å². The number of rotatable bonds is 10. The molecule has 188 valence electrons. The minimum atomic E-state index is -0.591. The molecule has 36 heavy (non-hydrogen) atoms. The summed E-state index contributed by atoms with van der Waals surface area (Å²) in [6.07, 6.45) is 2.36. The van der Waals surface area contributed by atoms with Gasteiger partial charge in [0.05, 0.1) is 12.2 Å². The zero-order valence-electron chi connectivity index (χ0n) is 20.0. The molecular weight excluding hydrogens is 480 g/mol. The van der Waals surface area contributed by atoms with E-state index in [-0.39, 0.29) is 36.0 Å². The lowest BCUT2D eigenvalue weighted by Gasteiger charge is -2.08. The van der Waals surface area contributed by atoms with Crippen molar-refractivity contribution in [3.8, 4) is 5.75 Å². The average molecular weight is 509 g/mol. The second-order valence-electron chi connectivity index (χ2n) is 8.43. The topological polar surface area (TPSA) is 115 Å². The van der Waals surface area contributed by atoms with Crippen molar-refractivity contribution in [1.82, 2.24) is 18.8 Å². The molecule has 4 rings (SSSR count). The van der Waals surface area contributed by atoms with Crippen molar-refractivity contribution in [3.63, 3.8) is 0 Å². The van der Waals surface area contributed by atoms with Crippen LogP contribution in [0.4, 0.5) is 4.79 Å². The van der Waals surface area contributed by atoms with E-state index in [9.17, 15) is 19.5 Å². The number of aromatic nitrogens is 3. The maximum Gasteiger partial charge on any atom is 0.407 e. The molecule has 0 fully saturated rings. The van der Waals surface area contributed by atoms with Crippen LogP contribution in [0.1, 0.15) is 43.0 Å². The molecule has 0 radical (unpaired) electrons. The minimum absolute atomic E-state index is 0.0274. The fourth-order valence-corrected chi connectivity index (χ4v) is 4.56. The number of ether oxygens (including phenoxy) is 1. The van der Waals surface area contributed by atoms with Gasteiger partial charge in [0, 0.05) is 30.0 Å². The van der Waals surface area contributed by atoms with Gasteiger partial charge < -0.3 is 15.2 Å². The molecule has 0 unspecified atom stereocenters. The number of nitrogens with one attached hydrogen (secondary N) is 1. The first-order valence-electron chi connectivity index (χ1n) is 11.8. The summed E-state index contributed by atoms with van der Waals surface area (Å²) in [5.41, 5.74) is 2.38. The van der Waals surface area contributed by atoms with Crippen molar-refractivity contribution in [1.29, 1.82) is 0 Å². The normalized spacial score (nSPS) is 11.0. The van der Waals surface area contributed by atoms with Crippen LogP contribution in [-0.2, 0) is 31.0 Å². The largest absolute Gasteiger partial charge is 0.506 e. The lowest BCUT2D eigenvalue weighted by atomic mass is 10.1. The van der Waals surface area contributed by atoms with Gasteiger partial charge in [0.2, 0.25) is 0 Å². The molecule has 0 spiro atoms. The Bertz CT molecular complexity index is 1460. The molecule has 0 atom stereocenters. The van der Waals surface area contributed by atoms with Gasteiger partial charge in [-0.3, -0.25) is 4.79 Å². The Kier molecular flexibility index (Phi) is 8.17. The monoisotopic (exact) mass is 508 g/mol. The van der Waals surface area contributed by atoms with Crippen LogP contribution in [0.3, 0.4) is 0 Å². The highest BCUT2D eigenvalue weighted by Crippen LogP contribution is 2.22. The Morgan fingerprint density at radius 3 is 2.61 bits per heavy atom. The first-order chi connectivity index (χ1) is 17.4. The zero-order chi connectivity index (χ0) is 25.5. The number of unbranched alkanes of at least 4 members (excludes halogenated alkanes) is 2. The summed E-state index contributed by atoms with van der Waals surface area (Å²) in [6, 6.07) is 16.0. The molecule has 0 saturated heterocycles. The van der Waals surface area contributed by atoms with Crippen LogP contribution in [0.25, 0.3) is 10.9 Å². The van der Waals surface area contributed by atoms with Crippen LogP contribution in [0.5, 0.6) is 5.75 Å². The Morgan fingerprint density at radius 2 is 1.83 bits per heavy atom. The van der Waals surface area contributed by atoms with Gasteiger partial charge in [-0.1, -0.05) is 62.2 Å². The smallest absolute Gasteiger partial charge is 0.407 e. The van der Waals surface area contributed by atoms with E-state index >= 15 is 0 Å². The lowest BCUT2D eigenvalue weighted by molar-refractivity contribution is 0.138. The first kappa shape index (κ1) is 25.2. The Morgan fingerprint density at radius 1 is 1.06 bits per heavy atom. The first-order valence-corrected chi connectivity index (χ1v) is 12.6. The van der Waals surface area contributed by atoms with Gasteiger partial charge in [-0.2, -0.15) is 0 Å². The van der Waals surface area contributed by atoms with Crippen LogP contribution in [0.15, 0.2) is 64.2 Å². The van der Waals surface area contributed by atoms with Gasteiger partial charge >= 0.3 is 16.7 Å². The van der Waals surface area contributed by atoms with Gasteiger partial charge in [0.15, 0.2) is 0 Å². The fraction of sp³-hybridized carbons (Fsp3) is 0.308. The van der Waals surface area contributed by atoms with Crippen molar-refractivity contribution in [2.75, 3.05) is 0 Å². The lowest BCUT2D eigenvalue weighted by Crippen LogP contribution is -2.29. The van der Waals surface area contributed by atoms with E-state index in [2.05, 4.69) is 17.2 Å². The number of phenolic OH excluding ortho intramolecular Hbond substituents is 1. The number of hydrogen-bond acceptors (Lipinski definition) is 7. The predicted molar refractivity (Wildman–Crippen MR) is 138 cm³/mol. The summed E-state index contributed by atoms with van der Waals surface area (Å²) < 4.78 is 8.01. The maximum absolute atomic E-state index is 12.5. The number of benzene rings is 2. The zero-order valence-corrected chi connectivity index (χ0v) is 20.8. The molecule has 2 aromatic carbocycles. The minimum Gasteiger partial charge on any atom is -0.506 e. The molecule has 4 aromatic rings. The maximum atomic E-state index is 12.5. The van der Waals surface area contributed by atoms with Gasteiger partial charge in [-0.15, -0.1) is 0 Å². The van der Waals surface area contributed by atoms with E-state index in [0.29, 0.717) is 17.8 Å². The predicted octanol–water partition coefficient (Wildman–Crippen LogP) is 3.99. The third-order valence-corrected chi connectivity index (χ3v) is 6.66. The molecule has 0 aliphatic rings. The fourth-order valence-electron chi connectivity index (χ4n) is 3.74. The molecule has 9 nitrogen and oxygen atoms in total. The summed E-state index contributed by atoms with van der Waals surface area (Å²) in [5.74, 6) is 0.0729. The molecule has 2 N–H and O–H groups in total. The second-order valence-corrected chi connectivity index (χ2v) is 9.41. The third-order valence-electron chi connectivity index (χ3n) is 5.73. The number of nitrogens with zero attached hydrogens (tertiary/aromatic N) is 3. The van der Waals surface area contributed by atoms with E-state index in [1.54, 1.807) is 18.2 Å². The summed E-state index contributed by atoms with van der Waals surface area (Å²) >= 11 is 0.963. The number of carbonyl (C=O) groups excluding carboxylic acids is 1. The number of aryl methyl sites for hydroxylation is 1. The number of pyridine rings is 1. The Balaban J connectivity index is 1.28. The highest BCUT2D eigenvalue weighted by atomic mass is 32.1. The number of fused-ring (bicyclic) bond motifs is 1. The third kappa shape index (κ3) is 6.19. The van der Waals surface area contributed by atoms with E-state index in [1.807, 2.05) is 36.4 Å². The number of carbonyl (C=O) groups is 1. The highest BCUT2D eigenvalue weighted by molar-refractivity contribution is 7.03. The van der Waals surface area contributed by atoms with Gasteiger partial charge in [0.1, 0.15) is 17.9 Å². The van der Waals surface area contributed by atoms with Crippen LogP contribution in [0, 0.1) is 0 Å². The summed E-state index contributed by atoms with van der Waals surface area (Å²) in [6.45, 7) is 3.10. The van der Waals surface area contributed by atoms with Crippen molar-refractivity contribution >= 4 is 28.5 Å². The molecule has 2 aromatic heterocycles. The molecule has 0 bridgehead atoms. The Hall–Kier alpha value is -3.92. The summed E-state index contributed by atoms with van der Waals surface area (Å²) in [4.78, 5) is 41.0. The van der Waals surface area contributed by atoms with E-state index in [0.717, 1.165) is 47.3 Å². The Labute approximate surface area is 211 Å². The molecule has 1 amide bonds. The number of alkyl carbamates (subject to hydrolysis) is 1. The van der Waals surface area contributed by atoms with Crippen molar-refractivity contribution in [2.24, 2.45) is 0 Å². The summed E-state index contributed by atoms with van der Waals surface area (Å²) in [5, 5.41) is 13.4. The number of amides is 1. The summed E-state index contributed by atoms with van der Waals surface area (Å²) in [7, 11) is 0. The number of hydrogen-bond donors (Lipinski definition) is 2. The van der Waals surface area contributed by atoms with E-state index in [4.69, 9.17) is 4.74 Å². The quantitative estimate of drug-likeness (QED) is 0.313. The molecule has 2 heterocycles. The number of aromatic hydroxyl groups is 1. The van der Waals surface area contributed by atoms with Crippen LogP contribution in [-0.4, -0.2) is 24.7 Å². The molecule has 0 aliphatic heterocycles. The van der Waals surface area contributed by atoms with Crippen LogP contribution >= 0.6 is 11.5 Å². The number of phenols is 1. The van der Waals surface area contributed by atoms with E-state index in [1.165, 1.54) is 8.52 Å². The van der Waals surface area contributed by atoms with Crippen LogP contribution < -0.4 is 15.9 Å². The van der Waals surface area contributed by atoms with Crippen molar-refractivity contribution < 1.29 is 14.6 Å². The van der Waals surface area contributed by atoms with Crippen molar-refractivity contribution in [2.45, 2.75) is 52.4 Å². The highest BCUT2D eigenvalue weighted by Gasteiger charge is 2.11.